The summed E-state index contributed by atoms with van der Waals surface area (Å²) in [4.78, 5) is 17.1. The molecule has 1 amide bonds. The number of rotatable bonds is 5. The molecule has 0 saturated carbocycles. The fourth-order valence-corrected chi connectivity index (χ4v) is 3.45. The van der Waals surface area contributed by atoms with E-state index in [9.17, 15) is 4.79 Å². The van der Waals surface area contributed by atoms with Crippen LogP contribution in [0.5, 0.6) is 5.75 Å². The van der Waals surface area contributed by atoms with E-state index in [-0.39, 0.29) is 5.91 Å². The van der Waals surface area contributed by atoms with E-state index in [0.29, 0.717) is 12.0 Å². The van der Waals surface area contributed by atoms with Crippen molar-refractivity contribution in [2.24, 2.45) is 0 Å². The molecule has 1 aliphatic rings. The first-order valence-electron chi connectivity index (χ1n) is 9.30. The van der Waals surface area contributed by atoms with E-state index in [2.05, 4.69) is 11.0 Å². The van der Waals surface area contributed by atoms with Gasteiger partial charge in [0.1, 0.15) is 5.75 Å². The largest absolute Gasteiger partial charge is 0.496 e. The van der Waals surface area contributed by atoms with Crippen LogP contribution in [0.1, 0.15) is 23.1 Å². The van der Waals surface area contributed by atoms with Crippen LogP contribution in [-0.2, 0) is 17.8 Å². The summed E-state index contributed by atoms with van der Waals surface area (Å²) in [5.74, 6) is 0.919. The summed E-state index contributed by atoms with van der Waals surface area (Å²) in [6.45, 7) is 4.21. The highest BCUT2D eigenvalue weighted by atomic mass is 16.5. The standard InChI is InChI=1S/C22H25N3O2/c1-27-21-6-3-2-5-20(21)15-22(26)25-12-4-11-24(13-14-25)17-19-9-7-18(16-23)8-10-19/h2-3,5-10H,4,11-15,17H2,1H3. The van der Waals surface area contributed by atoms with Gasteiger partial charge in [-0.3, -0.25) is 9.69 Å². The van der Waals surface area contributed by atoms with Gasteiger partial charge in [-0.2, -0.15) is 5.26 Å². The molecular weight excluding hydrogens is 338 g/mol. The van der Waals surface area contributed by atoms with Crippen LogP contribution in [-0.4, -0.2) is 49.0 Å². The molecule has 1 saturated heterocycles. The maximum Gasteiger partial charge on any atom is 0.227 e. The van der Waals surface area contributed by atoms with Crippen LogP contribution in [0.3, 0.4) is 0 Å². The SMILES string of the molecule is COc1ccccc1CC(=O)N1CCCN(Cc2ccc(C#N)cc2)CC1. The van der Waals surface area contributed by atoms with Crippen LogP contribution >= 0.6 is 0 Å². The molecule has 5 nitrogen and oxygen atoms in total. The Morgan fingerprint density at radius 1 is 1.07 bits per heavy atom. The van der Waals surface area contributed by atoms with Crippen LogP contribution in [0.25, 0.3) is 0 Å². The van der Waals surface area contributed by atoms with Crippen molar-refractivity contribution in [1.29, 1.82) is 5.26 Å². The summed E-state index contributed by atoms with van der Waals surface area (Å²) in [6, 6.07) is 17.6. The van der Waals surface area contributed by atoms with Gasteiger partial charge in [-0.05, 0) is 30.2 Å². The number of benzene rings is 2. The summed E-state index contributed by atoms with van der Waals surface area (Å²) in [6.07, 6.45) is 1.34. The lowest BCUT2D eigenvalue weighted by Crippen LogP contribution is -2.36. The summed E-state index contributed by atoms with van der Waals surface area (Å²) >= 11 is 0. The number of ether oxygens (including phenoxy) is 1. The molecule has 1 heterocycles. The van der Waals surface area contributed by atoms with E-state index in [1.165, 1.54) is 5.56 Å². The number of carbonyl (C=O) groups excluding carboxylic acids is 1. The lowest BCUT2D eigenvalue weighted by molar-refractivity contribution is -0.130. The lowest BCUT2D eigenvalue weighted by atomic mass is 10.1. The molecule has 2 aromatic carbocycles. The second-order valence-corrected chi connectivity index (χ2v) is 6.81. The van der Waals surface area contributed by atoms with Gasteiger partial charge in [-0.1, -0.05) is 30.3 Å². The predicted octanol–water partition coefficient (Wildman–Crippen LogP) is 2.84. The highest BCUT2D eigenvalue weighted by Gasteiger charge is 2.20. The third kappa shape index (κ3) is 5.08. The molecule has 1 aliphatic heterocycles. The number of methoxy groups -OCH3 is 1. The summed E-state index contributed by atoms with van der Waals surface area (Å²) < 4.78 is 5.36. The molecule has 0 spiro atoms. The monoisotopic (exact) mass is 363 g/mol. The number of para-hydroxylation sites is 1. The third-order valence-electron chi connectivity index (χ3n) is 4.96. The van der Waals surface area contributed by atoms with E-state index in [4.69, 9.17) is 10.00 Å². The van der Waals surface area contributed by atoms with E-state index >= 15 is 0 Å². The number of hydrogen-bond acceptors (Lipinski definition) is 4. The number of carbonyl (C=O) groups is 1. The predicted molar refractivity (Wildman–Crippen MR) is 104 cm³/mol. The summed E-state index contributed by atoms with van der Waals surface area (Å²) in [7, 11) is 1.64. The first kappa shape index (κ1) is 18.9. The Balaban J connectivity index is 1.55. The van der Waals surface area contributed by atoms with Gasteiger partial charge in [0.15, 0.2) is 0 Å². The molecule has 0 aromatic heterocycles. The quantitative estimate of drug-likeness (QED) is 0.820. The summed E-state index contributed by atoms with van der Waals surface area (Å²) in [5.41, 5.74) is 2.81. The minimum Gasteiger partial charge on any atom is -0.496 e. The van der Waals surface area contributed by atoms with Gasteiger partial charge in [0.2, 0.25) is 5.91 Å². The zero-order valence-electron chi connectivity index (χ0n) is 15.7. The molecule has 0 unspecified atom stereocenters. The average Bonchev–Trinajstić information content (AvgIpc) is 2.94. The normalized spacial score (nSPS) is 15.0. The summed E-state index contributed by atoms with van der Waals surface area (Å²) in [5, 5.41) is 8.90. The first-order chi connectivity index (χ1) is 13.2. The van der Waals surface area contributed by atoms with E-state index in [0.717, 1.165) is 50.5 Å². The van der Waals surface area contributed by atoms with Crippen molar-refractivity contribution in [3.8, 4) is 11.8 Å². The third-order valence-corrected chi connectivity index (χ3v) is 4.96. The van der Waals surface area contributed by atoms with Crippen LogP contribution in [0.4, 0.5) is 0 Å². The Morgan fingerprint density at radius 3 is 2.59 bits per heavy atom. The van der Waals surface area contributed by atoms with Crippen LogP contribution < -0.4 is 4.74 Å². The molecule has 3 rings (SSSR count). The lowest BCUT2D eigenvalue weighted by Gasteiger charge is -2.22. The van der Waals surface area contributed by atoms with Crippen molar-refractivity contribution in [1.82, 2.24) is 9.80 Å². The molecule has 0 N–H and O–H groups in total. The van der Waals surface area contributed by atoms with Crippen LogP contribution in [0.2, 0.25) is 0 Å². The second kappa shape index (κ2) is 9.20. The minimum atomic E-state index is 0.153. The van der Waals surface area contributed by atoms with Crippen molar-refractivity contribution in [3.05, 3.63) is 65.2 Å². The maximum absolute atomic E-state index is 12.7. The number of hydrogen-bond donors (Lipinski definition) is 0. The van der Waals surface area contributed by atoms with Gasteiger partial charge < -0.3 is 9.64 Å². The fraction of sp³-hybridized carbons (Fsp3) is 0.364. The molecular formula is C22H25N3O2. The molecule has 5 heteroatoms. The highest BCUT2D eigenvalue weighted by molar-refractivity contribution is 5.79. The van der Waals surface area contributed by atoms with Gasteiger partial charge in [0, 0.05) is 38.3 Å². The van der Waals surface area contributed by atoms with Crippen molar-refractivity contribution < 1.29 is 9.53 Å². The van der Waals surface area contributed by atoms with Crippen molar-refractivity contribution in [2.75, 3.05) is 33.3 Å². The maximum atomic E-state index is 12.7. The Bertz CT molecular complexity index is 811. The van der Waals surface area contributed by atoms with Gasteiger partial charge >= 0.3 is 0 Å². The molecule has 0 aliphatic carbocycles. The molecule has 0 atom stereocenters. The van der Waals surface area contributed by atoms with Crippen molar-refractivity contribution in [3.63, 3.8) is 0 Å². The Morgan fingerprint density at radius 2 is 1.85 bits per heavy atom. The zero-order chi connectivity index (χ0) is 19.1. The Labute approximate surface area is 160 Å². The molecule has 27 heavy (non-hydrogen) atoms. The Kier molecular flexibility index (Phi) is 6.45. The van der Waals surface area contributed by atoms with Gasteiger partial charge in [0.25, 0.3) is 0 Å². The van der Waals surface area contributed by atoms with E-state index < -0.39 is 0 Å². The van der Waals surface area contributed by atoms with E-state index in [1.807, 2.05) is 53.4 Å². The number of nitriles is 1. The molecule has 140 valence electrons. The second-order valence-electron chi connectivity index (χ2n) is 6.81. The van der Waals surface area contributed by atoms with Crippen molar-refractivity contribution in [2.45, 2.75) is 19.4 Å². The topological polar surface area (TPSA) is 56.6 Å². The number of nitrogens with zero attached hydrogens (tertiary/aromatic N) is 3. The first-order valence-corrected chi connectivity index (χ1v) is 9.30. The van der Waals surface area contributed by atoms with Gasteiger partial charge in [-0.15, -0.1) is 0 Å². The highest BCUT2D eigenvalue weighted by Crippen LogP contribution is 2.19. The van der Waals surface area contributed by atoms with Crippen molar-refractivity contribution >= 4 is 5.91 Å². The molecule has 0 bridgehead atoms. The van der Waals surface area contributed by atoms with Crippen LogP contribution in [0, 0.1) is 11.3 Å². The smallest absolute Gasteiger partial charge is 0.227 e. The van der Waals surface area contributed by atoms with Gasteiger partial charge in [-0.25, -0.2) is 0 Å². The minimum absolute atomic E-state index is 0.153. The fourth-order valence-electron chi connectivity index (χ4n) is 3.45. The van der Waals surface area contributed by atoms with Gasteiger partial charge in [0.05, 0.1) is 25.2 Å². The number of amides is 1. The molecule has 0 radical (unpaired) electrons. The zero-order valence-corrected chi connectivity index (χ0v) is 15.7. The van der Waals surface area contributed by atoms with E-state index in [1.54, 1.807) is 7.11 Å². The van der Waals surface area contributed by atoms with Crippen LogP contribution in [0.15, 0.2) is 48.5 Å². The molecule has 1 fully saturated rings. The Hall–Kier alpha value is -2.84. The average molecular weight is 363 g/mol. The molecule has 2 aromatic rings.